The number of aryl methyl sites for hydroxylation is 1. The van der Waals surface area contributed by atoms with Crippen LogP contribution in [0.25, 0.3) is 0 Å². The number of amides is 1. The summed E-state index contributed by atoms with van der Waals surface area (Å²) in [7, 11) is 1.74. The predicted molar refractivity (Wildman–Crippen MR) is 46.0 cm³/mol. The summed E-state index contributed by atoms with van der Waals surface area (Å²) >= 11 is 0. The van der Waals surface area contributed by atoms with Crippen molar-refractivity contribution in [3.8, 4) is 0 Å². The smallest absolute Gasteiger partial charge is 0.242 e. The summed E-state index contributed by atoms with van der Waals surface area (Å²) in [6, 6.07) is 0. The lowest BCUT2D eigenvalue weighted by molar-refractivity contribution is -0.118. The van der Waals surface area contributed by atoms with Gasteiger partial charge in [-0.3, -0.25) is 4.79 Å². The van der Waals surface area contributed by atoms with E-state index in [1.807, 2.05) is 0 Å². The molecule has 0 atom stereocenters. The fraction of sp³-hybridized carbons (Fsp3) is 0.667. The first-order chi connectivity index (χ1) is 6.20. The fourth-order valence-electron chi connectivity index (χ4n) is 0.792. The van der Waals surface area contributed by atoms with Gasteiger partial charge in [0.1, 0.15) is 0 Å². The van der Waals surface area contributed by atoms with Gasteiger partial charge in [0.15, 0.2) is 0 Å². The van der Waals surface area contributed by atoms with Gasteiger partial charge in [-0.05, 0) is 10.4 Å². The summed E-state index contributed by atoms with van der Waals surface area (Å²) < 4.78 is 1.52. The van der Waals surface area contributed by atoms with Crippen LogP contribution in [0.4, 0.5) is 5.95 Å². The van der Waals surface area contributed by atoms with E-state index in [0.717, 1.165) is 0 Å². The summed E-state index contributed by atoms with van der Waals surface area (Å²) in [6.07, 6.45) is 0. The zero-order valence-electron chi connectivity index (χ0n) is 7.61. The molecule has 0 aliphatic carbocycles. The quantitative estimate of drug-likeness (QED) is 0.572. The molecule has 0 saturated heterocycles. The summed E-state index contributed by atoms with van der Waals surface area (Å²) in [5.41, 5.74) is 0. The lowest BCUT2D eigenvalue weighted by atomic mass is 10.6. The lowest BCUT2D eigenvalue weighted by Crippen LogP contribution is -2.26. The fourth-order valence-corrected chi connectivity index (χ4v) is 0.792. The standard InChI is InChI=1S/C6H12N6O/c1-5(13)7-3-4-8-6-9-10-11-12(6)2/h3-4H2,1-2H3,(H,7,13)(H,8,9,11). The van der Waals surface area contributed by atoms with Crippen LogP contribution >= 0.6 is 0 Å². The number of nitrogens with zero attached hydrogens (tertiary/aromatic N) is 4. The first-order valence-corrected chi connectivity index (χ1v) is 3.91. The number of anilines is 1. The van der Waals surface area contributed by atoms with Crippen LogP contribution < -0.4 is 10.6 Å². The van der Waals surface area contributed by atoms with Crippen molar-refractivity contribution in [2.24, 2.45) is 7.05 Å². The molecule has 0 spiro atoms. The van der Waals surface area contributed by atoms with Gasteiger partial charge in [-0.15, -0.1) is 0 Å². The van der Waals surface area contributed by atoms with Crippen LogP contribution in [0.3, 0.4) is 0 Å². The zero-order valence-corrected chi connectivity index (χ0v) is 7.61. The van der Waals surface area contributed by atoms with Crippen LogP contribution in [-0.2, 0) is 11.8 Å². The van der Waals surface area contributed by atoms with E-state index in [2.05, 4.69) is 26.2 Å². The molecule has 0 unspecified atom stereocenters. The third-order valence-electron chi connectivity index (χ3n) is 1.40. The summed E-state index contributed by atoms with van der Waals surface area (Å²) in [6.45, 7) is 2.64. The Morgan fingerprint density at radius 2 is 2.31 bits per heavy atom. The largest absolute Gasteiger partial charge is 0.355 e. The monoisotopic (exact) mass is 184 g/mol. The average Bonchev–Trinajstić information content (AvgIpc) is 2.45. The molecule has 1 aromatic rings. The van der Waals surface area contributed by atoms with E-state index in [9.17, 15) is 4.79 Å². The number of tetrazole rings is 1. The van der Waals surface area contributed by atoms with Crippen LogP contribution in [-0.4, -0.2) is 39.2 Å². The number of hydrogen-bond acceptors (Lipinski definition) is 5. The maximum Gasteiger partial charge on any atom is 0.242 e. The van der Waals surface area contributed by atoms with Crippen LogP contribution in [0, 0.1) is 0 Å². The summed E-state index contributed by atoms with van der Waals surface area (Å²) in [4.78, 5) is 10.5. The van der Waals surface area contributed by atoms with Crippen molar-refractivity contribution in [1.82, 2.24) is 25.5 Å². The molecule has 13 heavy (non-hydrogen) atoms. The minimum Gasteiger partial charge on any atom is -0.355 e. The van der Waals surface area contributed by atoms with Crippen molar-refractivity contribution in [3.63, 3.8) is 0 Å². The van der Waals surface area contributed by atoms with Crippen molar-refractivity contribution < 1.29 is 4.79 Å². The van der Waals surface area contributed by atoms with Crippen LogP contribution in [0.2, 0.25) is 0 Å². The van der Waals surface area contributed by atoms with Gasteiger partial charge < -0.3 is 10.6 Å². The molecule has 0 fully saturated rings. The van der Waals surface area contributed by atoms with Gasteiger partial charge in [0.2, 0.25) is 11.9 Å². The highest BCUT2D eigenvalue weighted by Crippen LogP contribution is 1.92. The molecule has 1 aromatic heterocycles. The van der Waals surface area contributed by atoms with Gasteiger partial charge in [0.25, 0.3) is 0 Å². The third kappa shape index (κ3) is 3.06. The molecule has 72 valence electrons. The molecular weight excluding hydrogens is 172 g/mol. The molecule has 1 rings (SSSR count). The Morgan fingerprint density at radius 3 is 2.85 bits per heavy atom. The van der Waals surface area contributed by atoms with Crippen molar-refractivity contribution in [3.05, 3.63) is 0 Å². The van der Waals surface area contributed by atoms with E-state index < -0.39 is 0 Å². The molecule has 0 aliphatic heterocycles. The molecule has 0 radical (unpaired) electrons. The maximum atomic E-state index is 10.5. The lowest BCUT2D eigenvalue weighted by Gasteiger charge is -2.03. The first-order valence-electron chi connectivity index (χ1n) is 3.91. The number of aromatic nitrogens is 4. The number of nitrogens with one attached hydrogen (secondary N) is 2. The van der Waals surface area contributed by atoms with E-state index >= 15 is 0 Å². The van der Waals surface area contributed by atoms with Gasteiger partial charge >= 0.3 is 0 Å². The van der Waals surface area contributed by atoms with Gasteiger partial charge in [-0.1, -0.05) is 5.10 Å². The van der Waals surface area contributed by atoms with Crippen LogP contribution in [0.1, 0.15) is 6.92 Å². The summed E-state index contributed by atoms with van der Waals surface area (Å²) in [5, 5.41) is 16.4. The Morgan fingerprint density at radius 1 is 1.54 bits per heavy atom. The molecule has 0 bridgehead atoms. The molecule has 7 heteroatoms. The molecule has 1 heterocycles. The minimum atomic E-state index is -0.0436. The second-order valence-electron chi connectivity index (χ2n) is 2.54. The van der Waals surface area contributed by atoms with Crippen LogP contribution in [0.5, 0.6) is 0 Å². The highest BCUT2D eigenvalue weighted by molar-refractivity contribution is 5.72. The molecule has 7 nitrogen and oxygen atoms in total. The maximum absolute atomic E-state index is 10.5. The molecule has 0 aliphatic rings. The minimum absolute atomic E-state index is 0.0436. The van der Waals surface area contributed by atoms with Crippen molar-refractivity contribution in [1.29, 1.82) is 0 Å². The van der Waals surface area contributed by atoms with Crippen LogP contribution in [0.15, 0.2) is 0 Å². The van der Waals surface area contributed by atoms with Gasteiger partial charge in [-0.25, -0.2) is 4.68 Å². The van der Waals surface area contributed by atoms with Gasteiger partial charge in [0, 0.05) is 27.1 Å². The normalized spacial score (nSPS) is 9.69. The second kappa shape index (κ2) is 4.39. The Balaban J connectivity index is 2.20. The van der Waals surface area contributed by atoms with Gasteiger partial charge in [-0.2, -0.15) is 0 Å². The van der Waals surface area contributed by atoms with Crippen molar-refractivity contribution in [2.45, 2.75) is 6.92 Å². The third-order valence-corrected chi connectivity index (χ3v) is 1.40. The SMILES string of the molecule is CC(=O)NCCNc1nnnn1C. The molecule has 0 aromatic carbocycles. The number of rotatable bonds is 4. The van der Waals surface area contributed by atoms with E-state index in [1.165, 1.54) is 11.6 Å². The highest BCUT2D eigenvalue weighted by Gasteiger charge is 1.98. The first kappa shape index (κ1) is 9.43. The Labute approximate surface area is 75.5 Å². The number of carbonyl (C=O) groups excluding carboxylic acids is 1. The van der Waals surface area contributed by atoms with E-state index in [0.29, 0.717) is 19.0 Å². The number of hydrogen-bond donors (Lipinski definition) is 2. The summed E-state index contributed by atoms with van der Waals surface area (Å²) in [5.74, 6) is 0.545. The van der Waals surface area contributed by atoms with Crippen molar-refractivity contribution in [2.75, 3.05) is 18.4 Å². The van der Waals surface area contributed by atoms with E-state index in [-0.39, 0.29) is 5.91 Å². The Hall–Kier alpha value is -1.66. The molecule has 2 N–H and O–H groups in total. The predicted octanol–water partition coefficient (Wildman–Crippen LogP) is -1.24. The van der Waals surface area contributed by atoms with E-state index in [4.69, 9.17) is 0 Å². The second-order valence-corrected chi connectivity index (χ2v) is 2.54. The Bertz CT molecular complexity index is 282. The van der Waals surface area contributed by atoms with Gasteiger partial charge in [0.05, 0.1) is 0 Å². The van der Waals surface area contributed by atoms with Crippen molar-refractivity contribution >= 4 is 11.9 Å². The highest BCUT2D eigenvalue weighted by atomic mass is 16.1. The average molecular weight is 184 g/mol. The number of carbonyl (C=O) groups is 1. The molecule has 0 saturated carbocycles. The molecule has 1 amide bonds. The Kier molecular flexibility index (Phi) is 3.18. The van der Waals surface area contributed by atoms with E-state index in [1.54, 1.807) is 7.05 Å². The molecular formula is C6H12N6O. The zero-order chi connectivity index (χ0) is 9.68. The topological polar surface area (TPSA) is 84.7 Å².